The molecular formula is C13H9BrCl2N2O3. The van der Waals surface area contributed by atoms with Crippen molar-refractivity contribution < 1.29 is 13.9 Å². The lowest BCUT2D eigenvalue weighted by atomic mass is 10.2. The Labute approximate surface area is 139 Å². The highest BCUT2D eigenvalue weighted by Gasteiger charge is 2.10. The number of furan rings is 1. The molecule has 0 aliphatic heterocycles. The van der Waals surface area contributed by atoms with E-state index < -0.39 is 5.91 Å². The maximum absolute atomic E-state index is 11.7. The molecule has 1 N–H and O–H groups in total. The first-order valence-corrected chi connectivity index (χ1v) is 7.18. The molecule has 0 radical (unpaired) electrons. The van der Waals surface area contributed by atoms with Crippen molar-refractivity contribution in [1.29, 1.82) is 0 Å². The molecule has 1 aromatic carbocycles. The molecule has 0 bridgehead atoms. The van der Waals surface area contributed by atoms with Gasteiger partial charge in [0.2, 0.25) is 0 Å². The van der Waals surface area contributed by atoms with Crippen molar-refractivity contribution in [2.75, 3.05) is 7.11 Å². The van der Waals surface area contributed by atoms with E-state index in [9.17, 15) is 4.79 Å². The van der Waals surface area contributed by atoms with E-state index in [1.165, 1.54) is 19.4 Å². The highest BCUT2D eigenvalue weighted by molar-refractivity contribution is 9.10. The summed E-state index contributed by atoms with van der Waals surface area (Å²) in [5.41, 5.74) is 2.86. The summed E-state index contributed by atoms with van der Waals surface area (Å²) < 4.78 is 10.7. The molecule has 1 amide bonds. The summed E-state index contributed by atoms with van der Waals surface area (Å²) in [5, 5.41) is 4.61. The Morgan fingerprint density at radius 3 is 2.81 bits per heavy atom. The molecule has 8 heteroatoms. The van der Waals surface area contributed by atoms with Gasteiger partial charge < -0.3 is 9.15 Å². The summed E-state index contributed by atoms with van der Waals surface area (Å²) in [5.74, 6) is 0.0685. The van der Waals surface area contributed by atoms with Gasteiger partial charge in [0.05, 0.1) is 18.3 Å². The van der Waals surface area contributed by atoms with Crippen LogP contribution >= 0.6 is 39.1 Å². The molecule has 0 unspecified atom stereocenters. The molecule has 1 aromatic heterocycles. The fourth-order valence-electron chi connectivity index (χ4n) is 1.54. The summed E-state index contributed by atoms with van der Waals surface area (Å²) in [6.07, 6.45) is 1.38. The number of nitrogens with one attached hydrogen (secondary N) is 1. The van der Waals surface area contributed by atoms with Crippen molar-refractivity contribution in [2.24, 2.45) is 5.10 Å². The van der Waals surface area contributed by atoms with Crippen LogP contribution in [0.1, 0.15) is 16.1 Å². The molecule has 0 atom stereocenters. The van der Waals surface area contributed by atoms with Gasteiger partial charge in [-0.05, 0) is 40.2 Å². The third-order valence-corrected chi connectivity index (χ3v) is 3.33. The quantitative estimate of drug-likeness (QED) is 0.629. The number of carbonyl (C=O) groups is 1. The molecule has 0 saturated carbocycles. The highest BCUT2D eigenvalue weighted by Crippen LogP contribution is 2.31. The van der Waals surface area contributed by atoms with Crippen LogP contribution in [0.3, 0.4) is 0 Å². The van der Waals surface area contributed by atoms with Crippen molar-refractivity contribution in [2.45, 2.75) is 0 Å². The monoisotopic (exact) mass is 390 g/mol. The lowest BCUT2D eigenvalue weighted by Crippen LogP contribution is -2.16. The van der Waals surface area contributed by atoms with Gasteiger partial charge in [-0.15, -0.1) is 0 Å². The van der Waals surface area contributed by atoms with Crippen LogP contribution < -0.4 is 10.2 Å². The fourth-order valence-corrected chi connectivity index (χ4v) is 2.44. The molecule has 0 saturated heterocycles. The van der Waals surface area contributed by atoms with Gasteiger partial charge in [-0.3, -0.25) is 4.79 Å². The van der Waals surface area contributed by atoms with Gasteiger partial charge in [-0.25, -0.2) is 5.43 Å². The standard InChI is InChI=1S/C13H9BrCl2N2O3/c1-20-12-7(4-8(15)5-9(12)16)6-17-18-13(19)10-2-3-11(14)21-10/h2-6H,1H3,(H,18,19)/b17-6+. The summed E-state index contributed by atoms with van der Waals surface area (Å²) in [6, 6.07) is 6.30. The summed E-state index contributed by atoms with van der Waals surface area (Å²) in [6.45, 7) is 0. The third kappa shape index (κ3) is 4.00. The number of rotatable bonds is 4. The normalized spacial score (nSPS) is 10.9. The number of nitrogens with zero attached hydrogens (tertiary/aromatic N) is 1. The number of amides is 1. The maximum Gasteiger partial charge on any atom is 0.307 e. The van der Waals surface area contributed by atoms with Gasteiger partial charge in [-0.1, -0.05) is 23.2 Å². The van der Waals surface area contributed by atoms with Gasteiger partial charge in [0.25, 0.3) is 0 Å². The van der Waals surface area contributed by atoms with E-state index in [4.69, 9.17) is 32.4 Å². The van der Waals surface area contributed by atoms with Gasteiger partial charge in [0, 0.05) is 10.6 Å². The van der Waals surface area contributed by atoms with Crippen molar-refractivity contribution in [3.05, 3.63) is 50.3 Å². The lowest BCUT2D eigenvalue weighted by Gasteiger charge is -2.07. The number of benzene rings is 1. The molecule has 0 aliphatic carbocycles. The number of halogens is 3. The molecule has 2 aromatic rings. The van der Waals surface area contributed by atoms with E-state index >= 15 is 0 Å². The average Bonchev–Trinajstić information content (AvgIpc) is 2.85. The zero-order chi connectivity index (χ0) is 15.4. The number of methoxy groups -OCH3 is 1. The minimum absolute atomic E-state index is 0.134. The largest absolute Gasteiger partial charge is 0.495 e. The first-order chi connectivity index (χ1) is 10.0. The predicted molar refractivity (Wildman–Crippen MR) is 84.5 cm³/mol. The van der Waals surface area contributed by atoms with Crippen molar-refractivity contribution in [3.63, 3.8) is 0 Å². The van der Waals surface area contributed by atoms with E-state index in [0.717, 1.165) is 0 Å². The van der Waals surface area contributed by atoms with Crippen molar-refractivity contribution in [1.82, 2.24) is 5.43 Å². The van der Waals surface area contributed by atoms with E-state index in [1.807, 2.05) is 0 Å². The Morgan fingerprint density at radius 2 is 2.19 bits per heavy atom. The summed E-state index contributed by atoms with van der Waals surface area (Å²) in [7, 11) is 1.48. The molecule has 0 spiro atoms. The SMILES string of the molecule is COc1c(Cl)cc(Cl)cc1/C=N/NC(=O)c1ccc(Br)o1. The number of carbonyl (C=O) groups excluding carboxylic acids is 1. The molecule has 0 aliphatic rings. The number of hydrogen-bond acceptors (Lipinski definition) is 4. The molecule has 1 heterocycles. The van der Waals surface area contributed by atoms with Gasteiger partial charge in [0.15, 0.2) is 10.4 Å². The topological polar surface area (TPSA) is 63.8 Å². The molecule has 2 rings (SSSR count). The number of ether oxygens (including phenoxy) is 1. The second-order valence-corrected chi connectivity index (χ2v) is 5.44. The lowest BCUT2D eigenvalue weighted by molar-refractivity contribution is 0.0926. The molecule has 5 nitrogen and oxygen atoms in total. The average molecular weight is 392 g/mol. The second-order valence-electron chi connectivity index (χ2n) is 3.81. The third-order valence-electron chi connectivity index (χ3n) is 2.41. The Bertz CT molecular complexity index is 701. The van der Waals surface area contributed by atoms with Crippen LogP contribution in [0.25, 0.3) is 0 Å². The molecule has 21 heavy (non-hydrogen) atoms. The molecule has 0 fully saturated rings. The van der Waals surface area contributed by atoms with Crippen LogP contribution in [0.4, 0.5) is 0 Å². The van der Waals surface area contributed by atoms with E-state index in [0.29, 0.717) is 26.0 Å². The Morgan fingerprint density at radius 1 is 1.43 bits per heavy atom. The Balaban J connectivity index is 2.13. The van der Waals surface area contributed by atoms with Gasteiger partial charge >= 0.3 is 5.91 Å². The second kappa shape index (κ2) is 6.98. The number of hydrogen-bond donors (Lipinski definition) is 1. The molecule has 110 valence electrons. The first kappa shape index (κ1) is 15.9. The van der Waals surface area contributed by atoms with E-state index in [1.54, 1.807) is 18.2 Å². The highest BCUT2D eigenvalue weighted by atomic mass is 79.9. The van der Waals surface area contributed by atoms with Crippen LogP contribution in [0.5, 0.6) is 5.75 Å². The van der Waals surface area contributed by atoms with Crippen molar-refractivity contribution in [3.8, 4) is 5.75 Å². The summed E-state index contributed by atoms with van der Waals surface area (Å²) >= 11 is 15.0. The van der Waals surface area contributed by atoms with Crippen LogP contribution in [-0.4, -0.2) is 19.2 Å². The van der Waals surface area contributed by atoms with E-state index in [2.05, 4.69) is 26.5 Å². The maximum atomic E-state index is 11.7. The van der Waals surface area contributed by atoms with Gasteiger partial charge in [-0.2, -0.15) is 5.10 Å². The number of hydrazone groups is 1. The predicted octanol–water partition coefficient (Wildman–Crippen LogP) is 4.12. The molecular weight excluding hydrogens is 383 g/mol. The Kier molecular flexibility index (Phi) is 5.27. The van der Waals surface area contributed by atoms with Crippen LogP contribution in [0, 0.1) is 0 Å². The van der Waals surface area contributed by atoms with Crippen LogP contribution in [0.15, 0.2) is 38.5 Å². The fraction of sp³-hybridized carbons (Fsp3) is 0.0769. The Hall–Kier alpha value is -1.50. The summed E-state index contributed by atoms with van der Waals surface area (Å²) in [4.78, 5) is 11.7. The zero-order valence-corrected chi connectivity index (χ0v) is 13.8. The van der Waals surface area contributed by atoms with E-state index in [-0.39, 0.29) is 5.76 Å². The first-order valence-electron chi connectivity index (χ1n) is 5.63. The van der Waals surface area contributed by atoms with Gasteiger partial charge in [0.1, 0.15) is 5.75 Å². The minimum atomic E-state index is -0.482. The smallest absolute Gasteiger partial charge is 0.307 e. The van der Waals surface area contributed by atoms with Crippen LogP contribution in [0.2, 0.25) is 10.0 Å². The van der Waals surface area contributed by atoms with Crippen LogP contribution in [-0.2, 0) is 0 Å². The minimum Gasteiger partial charge on any atom is -0.495 e. The van der Waals surface area contributed by atoms with Crippen molar-refractivity contribution >= 4 is 51.3 Å². The zero-order valence-electron chi connectivity index (χ0n) is 10.7.